The number of ether oxygens (including phenoxy) is 1. The molecule has 4 rings (SSSR count). The number of para-hydroxylation sites is 2. The van der Waals surface area contributed by atoms with Crippen LogP contribution < -0.4 is 10.1 Å². The number of benzene rings is 3. The van der Waals surface area contributed by atoms with Crippen molar-refractivity contribution < 1.29 is 13.9 Å². The molecular formula is C24H21ClFN3O2. The van der Waals surface area contributed by atoms with E-state index in [9.17, 15) is 9.18 Å². The molecule has 0 saturated carbocycles. The van der Waals surface area contributed by atoms with E-state index in [1.807, 2.05) is 35.8 Å². The van der Waals surface area contributed by atoms with Gasteiger partial charge in [0.2, 0.25) is 0 Å². The maximum atomic E-state index is 14.5. The van der Waals surface area contributed by atoms with Gasteiger partial charge in [-0.15, -0.1) is 0 Å². The smallest absolute Gasteiger partial charge is 0.251 e. The highest BCUT2D eigenvalue weighted by Gasteiger charge is 2.21. The molecule has 0 aliphatic carbocycles. The van der Waals surface area contributed by atoms with E-state index in [0.29, 0.717) is 27.7 Å². The van der Waals surface area contributed by atoms with E-state index < -0.39 is 6.04 Å². The number of fused-ring (bicyclic) bond motifs is 1. The molecule has 1 amide bonds. The summed E-state index contributed by atoms with van der Waals surface area (Å²) in [5, 5.41) is 3.32. The monoisotopic (exact) mass is 437 g/mol. The molecule has 3 aromatic carbocycles. The van der Waals surface area contributed by atoms with Gasteiger partial charge in [-0.2, -0.15) is 0 Å². The number of imidazole rings is 1. The molecule has 1 N–H and O–H groups in total. The lowest BCUT2D eigenvalue weighted by atomic mass is 10.1. The van der Waals surface area contributed by atoms with Crippen molar-refractivity contribution in [3.05, 3.63) is 94.5 Å². The zero-order valence-electron chi connectivity index (χ0n) is 17.1. The summed E-state index contributed by atoms with van der Waals surface area (Å²) in [6.45, 7) is 2.05. The van der Waals surface area contributed by atoms with Crippen molar-refractivity contribution in [3.8, 4) is 5.75 Å². The van der Waals surface area contributed by atoms with Gasteiger partial charge in [0.25, 0.3) is 5.91 Å². The first-order valence-corrected chi connectivity index (χ1v) is 10.2. The number of nitrogens with one attached hydrogen (secondary N) is 1. The highest BCUT2D eigenvalue weighted by molar-refractivity contribution is 6.31. The van der Waals surface area contributed by atoms with Crippen LogP contribution in [0.3, 0.4) is 0 Å². The van der Waals surface area contributed by atoms with Gasteiger partial charge in [-0.1, -0.05) is 29.8 Å². The van der Waals surface area contributed by atoms with Crippen LogP contribution in [0.25, 0.3) is 11.0 Å². The minimum Gasteiger partial charge on any atom is -0.497 e. The van der Waals surface area contributed by atoms with Gasteiger partial charge < -0.3 is 14.6 Å². The third-order valence-corrected chi connectivity index (χ3v) is 5.50. The Bertz CT molecular complexity index is 1220. The molecule has 1 unspecified atom stereocenters. The first-order valence-electron chi connectivity index (χ1n) is 9.81. The summed E-state index contributed by atoms with van der Waals surface area (Å²) >= 11 is 6.26. The van der Waals surface area contributed by atoms with E-state index in [1.54, 1.807) is 43.5 Å². The highest BCUT2D eigenvalue weighted by atomic mass is 35.5. The van der Waals surface area contributed by atoms with E-state index in [-0.39, 0.29) is 18.3 Å². The molecule has 0 bridgehead atoms. The fraction of sp³-hybridized carbons (Fsp3) is 0.167. The number of rotatable bonds is 6. The number of hydrogen-bond acceptors (Lipinski definition) is 3. The largest absolute Gasteiger partial charge is 0.497 e. The molecule has 0 aliphatic rings. The number of halogens is 2. The van der Waals surface area contributed by atoms with E-state index in [4.69, 9.17) is 21.3 Å². The van der Waals surface area contributed by atoms with E-state index in [0.717, 1.165) is 11.0 Å². The number of amides is 1. The fourth-order valence-corrected chi connectivity index (χ4v) is 3.74. The van der Waals surface area contributed by atoms with E-state index in [2.05, 4.69) is 5.32 Å². The Labute approximate surface area is 184 Å². The molecule has 31 heavy (non-hydrogen) atoms. The van der Waals surface area contributed by atoms with Crippen molar-refractivity contribution in [3.63, 3.8) is 0 Å². The normalized spacial score (nSPS) is 12.0. The Balaban J connectivity index is 1.68. The Morgan fingerprint density at radius 2 is 1.87 bits per heavy atom. The third-order valence-electron chi connectivity index (χ3n) is 5.15. The first kappa shape index (κ1) is 20.9. The average molecular weight is 438 g/mol. The van der Waals surface area contributed by atoms with Crippen LogP contribution in [0, 0.1) is 5.82 Å². The van der Waals surface area contributed by atoms with Crippen LogP contribution in [0.4, 0.5) is 4.39 Å². The minimum atomic E-state index is -0.424. The molecule has 0 spiro atoms. The van der Waals surface area contributed by atoms with Crippen molar-refractivity contribution >= 4 is 28.5 Å². The second kappa shape index (κ2) is 8.78. The molecule has 0 saturated heterocycles. The molecular weight excluding hydrogens is 417 g/mol. The minimum absolute atomic E-state index is 0.199. The van der Waals surface area contributed by atoms with Gasteiger partial charge in [-0.25, -0.2) is 9.37 Å². The summed E-state index contributed by atoms with van der Waals surface area (Å²) in [7, 11) is 1.57. The van der Waals surface area contributed by atoms with Gasteiger partial charge >= 0.3 is 0 Å². The van der Waals surface area contributed by atoms with Crippen LogP contribution >= 0.6 is 11.6 Å². The standard InChI is InChI=1S/C24H21ClFN3O2/c1-15(27-24(30)16-10-12-17(31-2)13-11-16)23-28-21-8-3-4-9-22(21)29(23)14-18-19(25)6-5-7-20(18)26/h3-13,15H,14H2,1-2H3,(H,27,30). The lowest BCUT2D eigenvalue weighted by Gasteiger charge is -2.17. The highest BCUT2D eigenvalue weighted by Crippen LogP contribution is 2.26. The maximum absolute atomic E-state index is 14.5. The molecule has 1 atom stereocenters. The predicted octanol–water partition coefficient (Wildman–Crippen LogP) is 5.38. The summed E-state index contributed by atoms with van der Waals surface area (Å²) < 4.78 is 21.5. The Hall–Kier alpha value is -3.38. The van der Waals surface area contributed by atoms with E-state index >= 15 is 0 Å². The van der Waals surface area contributed by atoms with Crippen LogP contribution in [0.2, 0.25) is 5.02 Å². The fourth-order valence-electron chi connectivity index (χ4n) is 3.52. The lowest BCUT2D eigenvalue weighted by Crippen LogP contribution is -2.29. The van der Waals surface area contributed by atoms with Crippen LogP contribution in [0.5, 0.6) is 5.75 Å². The van der Waals surface area contributed by atoms with Gasteiger partial charge in [-0.05, 0) is 55.5 Å². The predicted molar refractivity (Wildman–Crippen MR) is 119 cm³/mol. The van der Waals surface area contributed by atoms with Crippen molar-refractivity contribution in [2.24, 2.45) is 0 Å². The Morgan fingerprint density at radius 3 is 2.58 bits per heavy atom. The molecule has 158 valence electrons. The van der Waals surface area contributed by atoms with Gasteiger partial charge in [0.1, 0.15) is 17.4 Å². The number of aromatic nitrogens is 2. The number of methoxy groups -OCH3 is 1. The SMILES string of the molecule is COc1ccc(C(=O)NC(C)c2nc3ccccc3n2Cc2c(F)cccc2Cl)cc1. The van der Waals surface area contributed by atoms with Gasteiger partial charge in [-0.3, -0.25) is 4.79 Å². The number of hydrogen-bond donors (Lipinski definition) is 1. The molecule has 4 aromatic rings. The average Bonchev–Trinajstić information content (AvgIpc) is 3.15. The van der Waals surface area contributed by atoms with E-state index in [1.165, 1.54) is 6.07 Å². The van der Waals surface area contributed by atoms with Crippen LogP contribution in [0.15, 0.2) is 66.7 Å². The molecule has 5 nitrogen and oxygen atoms in total. The summed E-state index contributed by atoms with van der Waals surface area (Å²) in [6, 6.07) is 18.6. The second-order valence-corrected chi connectivity index (χ2v) is 7.58. The number of carbonyl (C=O) groups excluding carboxylic acids is 1. The molecule has 0 aliphatic heterocycles. The van der Waals surface area contributed by atoms with Gasteiger partial charge in [0.05, 0.1) is 30.7 Å². The number of nitrogens with zero attached hydrogens (tertiary/aromatic N) is 2. The Kier molecular flexibility index (Phi) is 5.91. The third kappa shape index (κ3) is 4.25. The van der Waals surface area contributed by atoms with Crippen molar-refractivity contribution in [1.82, 2.24) is 14.9 Å². The zero-order valence-corrected chi connectivity index (χ0v) is 17.9. The summed E-state index contributed by atoms with van der Waals surface area (Å²) in [4.78, 5) is 17.5. The van der Waals surface area contributed by atoms with Crippen LogP contribution in [-0.2, 0) is 6.54 Å². The van der Waals surface area contributed by atoms with Crippen LogP contribution in [-0.4, -0.2) is 22.6 Å². The van der Waals surface area contributed by atoms with Crippen LogP contribution in [0.1, 0.15) is 34.7 Å². The lowest BCUT2D eigenvalue weighted by molar-refractivity contribution is 0.0937. The number of carbonyl (C=O) groups is 1. The van der Waals surface area contributed by atoms with Crippen molar-refractivity contribution in [1.29, 1.82) is 0 Å². The summed E-state index contributed by atoms with van der Waals surface area (Å²) in [5.41, 5.74) is 2.48. The van der Waals surface area contributed by atoms with Gasteiger partial charge in [0, 0.05) is 16.1 Å². The second-order valence-electron chi connectivity index (χ2n) is 7.17. The molecule has 7 heteroatoms. The zero-order chi connectivity index (χ0) is 22.0. The van der Waals surface area contributed by atoms with Crippen molar-refractivity contribution in [2.75, 3.05) is 7.11 Å². The Morgan fingerprint density at radius 1 is 1.13 bits per heavy atom. The van der Waals surface area contributed by atoms with Gasteiger partial charge in [0.15, 0.2) is 0 Å². The quantitative estimate of drug-likeness (QED) is 0.440. The molecule has 1 heterocycles. The summed E-state index contributed by atoms with van der Waals surface area (Å²) in [5.74, 6) is 0.666. The first-order chi connectivity index (χ1) is 15.0. The molecule has 0 radical (unpaired) electrons. The molecule has 0 fully saturated rings. The van der Waals surface area contributed by atoms with Crippen molar-refractivity contribution in [2.45, 2.75) is 19.5 Å². The molecule has 1 aromatic heterocycles. The summed E-state index contributed by atoms with van der Waals surface area (Å²) in [6.07, 6.45) is 0. The topological polar surface area (TPSA) is 56.1 Å². The maximum Gasteiger partial charge on any atom is 0.251 e.